The summed E-state index contributed by atoms with van der Waals surface area (Å²) in [5, 5.41) is 1.38. The van der Waals surface area contributed by atoms with Crippen LogP contribution in [0.1, 0.15) is 67.2 Å². The normalized spacial score (nSPS) is 14.0. The number of pyridine rings is 1. The maximum absolute atomic E-state index is 13.4. The Balaban J connectivity index is 1.90. The van der Waals surface area contributed by atoms with Crippen LogP contribution in [0.15, 0.2) is 30.5 Å². The molecule has 8 heteroatoms. The number of ketones is 1. The lowest BCUT2D eigenvalue weighted by atomic mass is 9.89. The highest BCUT2D eigenvalue weighted by atomic mass is 32.1. The summed E-state index contributed by atoms with van der Waals surface area (Å²) in [5.74, 6) is 0.222. The Morgan fingerprint density at radius 2 is 2.00 bits per heavy atom. The van der Waals surface area contributed by atoms with Crippen molar-refractivity contribution in [2.75, 3.05) is 13.2 Å². The van der Waals surface area contributed by atoms with Crippen LogP contribution in [0.4, 0.5) is 0 Å². The van der Waals surface area contributed by atoms with Gasteiger partial charge in [0.1, 0.15) is 5.75 Å². The first-order valence-electron chi connectivity index (χ1n) is 12.4. The minimum absolute atomic E-state index is 0.109. The highest BCUT2D eigenvalue weighted by Crippen LogP contribution is 2.46. The van der Waals surface area contributed by atoms with Gasteiger partial charge in [-0.1, -0.05) is 0 Å². The zero-order valence-corrected chi connectivity index (χ0v) is 22.7. The fourth-order valence-electron chi connectivity index (χ4n) is 4.87. The van der Waals surface area contributed by atoms with Crippen molar-refractivity contribution in [1.29, 1.82) is 0 Å². The first kappa shape index (κ1) is 25.3. The molecule has 0 spiro atoms. The molecule has 0 amide bonds. The van der Waals surface area contributed by atoms with Gasteiger partial charge < -0.3 is 14.2 Å². The lowest BCUT2D eigenvalue weighted by Gasteiger charge is -2.29. The summed E-state index contributed by atoms with van der Waals surface area (Å²) in [6.07, 6.45) is 1.62. The molecule has 7 nitrogen and oxygen atoms in total. The number of thiazole rings is 1. The summed E-state index contributed by atoms with van der Waals surface area (Å²) in [6.45, 7) is 11.8. The van der Waals surface area contributed by atoms with E-state index in [9.17, 15) is 9.59 Å². The Bertz CT molecular complexity index is 1540. The van der Waals surface area contributed by atoms with E-state index in [1.54, 1.807) is 6.92 Å². The fourth-order valence-corrected chi connectivity index (χ4v) is 5.88. The number of nitrogens with zero attached hydrogens (tertiary/aromatic N) is 2. The molecule has 2 aromatic heterocycles. The molecule has 37 heavy (non-hydrogen) atoms. The number of aryl methyl sites for hydroxylation is 1. The van der Waals surface area contributed by atoms with Crippen molar-refractivity contribution >= 4 is 44.2 Å². The zero-order valence-electron chi connectivity index (χ0n) is 21.9. The maximum atomic E-state index is 13.4. The van der Waals surface area contributed by atoms with Gasteiger partial charge in [0.25, 0.3) is 0 Å². The number of Topliss-reactive ketones (excluding diaryl/α,β-unsaturated/α-hetero) is 1. The first-order valence-corrected chi connectivity index (χ1v) is 13.2. The minimum atomic E-state index is -0.982. The molecular formula is C29H30N2O5S. The van der Waals surface area contributed by atoms with Crippen molar-refractivity contribution in [3.8, 4) is 16.9 Å². The van der Waals surface area contributed by atoms with Gasteiger partial charge in [0.05, 0.1) is 34.5 Å². The van der Waals surface area contributed by atoms with Crippen molar-refractivity contribution < 1.29 is 23.8 Å². The average Bonchev–Trinajstić information content (AvgIpc) is 3.26. The Morgan fingerprint density at radius 3 is 2.70 bits per heavy atom. The van der Waals surface area contributed by atoms with Crippen molar-refractivity contribution in [3.63, 3.8) is 0 Å². The molecule has 0 bridgehead atoms. The maximum Gasteiger partial charge on any atom is 0.339 e. The van der Waals surface area contributed by atoms with Gasteiger partial charge in [-0.05, 0) is 70.0 Å². The summed E-state index contributed by atoms with van der Waals surface area (Å²) in [6, 6.07) is 7.87. The fraction of sp³-hybridized carbons (Fsp3) is 0.379. The Kier molecular flexibility index (Phi) is 6.50. The zero-order chi connectivity index (χ0) is 26.5. The van der Waals surface area contributed by atoms with Gasteiger partial charge in [0.2, 0.25) is 0 Å². The van der Waals surface area contributed by atoms with E-state index in [-0.39, 0.29) is 12.4 Å². The quantitative estimate of drug-likeness (QED) is 0.216. The molecule has 1 atom stereocenters. The third kappa shape index (κ3) is 4.60. The van der Waals surface area contributed by atoms with Crippen LogP contribution >= 0.6 is 11.3 Å². The lowest BCUT2D eigenvalue weighted by molar-refractivity contribution is -0.166. The second-order valence-electron chi connectivity index (χ2n) is 10.2. The Hall–Kier alpha value is -3.36. The molecule has 0 saturated heterocycles. The predicted molar refractivity (Wildman–Crippen MR) is 145 cm³/mol. The van der Waals surface area contributed by atoms with E-state index in [4.69, 9.17) is 19.2 Å². The molecule has 0 N–H and O–H groups in total. The number of esters is 1. The molecule has 3 heterocycles. The number of hydrogen-bond acceptors (Lipinski definition) is 8. The minimum Gasteiger partial charge on any atom is -0.493 e. The summed E-state index contributed by atoms with van der Waals surface area (Å²) in [5.41, 5.74) is 5.14. The predicted octanol–water partition coefficient (Wildman–Crippen LogP) is 6.38. The van der Waals surface area contributed by atoms with Crippen LogP contribution in [0.3, 0.4) is 0 Å². The molecule has 0 radical (unpaired) electrons. The van der Waals surface area contributed by atoms with Crippen molar-refractivity contribution in [1.82, 2.24) is 9.97 Å². The summed E-state index contributed by atoms with van der Waals surface area (Å²) < 4.78 is 18.6. The Labute approximate surface area is 219 Å². The second kappa shape index (κ2) is 9.50. The highest BCUT2D eigenvalue weighted by molar-refractivity contribution is 7.20. The van der Waals surface area contributed by atoms with E-state index in [1.807, 2.05) is 58.2 Å². The number of fused-ring (bicyclic) bond motifs is 1. The van der Waals surface area contributed by atoms with Crippen molar-refractivity contribution in [3.05, 3.63) is 52.2 Å². The van der Waals surface area contributed by atoms with E-state index in [0.29, 0.717) is 22.7 Å². The molecular weight excluding hydrogens is 488 g/mol. The smallest absolute Gasteiger partial charge is 0.339 e. The topological polar surface area (TPSA) is 87.6 Å². The van der Waals surface area contributed by atoms with E-state index in [0.717, 1.165) is 44.5 Å². The van der Waals surface area contributed by atoms with E-state index in [2.05, 4.69) is 4.98 Å². The highest BCUT2D eigenvalue weighted by Gasteiger charge is 2.34. The largest absolute Gasteiger partial charge is 0.493 e. The van der Waals surface area contributed by atoms with Crippen LogP contribution in [0, 0.1) is 6.92 Å². The number of benzene rings is 2. The van der Waals surface area contributed by atoms with Crippen LogP contribution < -0.4 is 4.74 Å². The van der Waals surface area contributed by atoms with Crippen LogP contribution in [0.25, 0.3) is 32.2 Å². The van der Waals surface area contributed by atoms with E-state index < -0.39 is 17.7 Å². The standard InChI is InChI=1S/C29H30N2O5S/c1-7-34-28(33)25(36-29(4,5)6)21-15(2)14-19-26(37-27(31-19)16(3)32)23(21)18-8-9-20-22-17(11-13-35-20)10-12-30-24(18)22/h8-10,12,14,25H,7,11,13H2,1-6H3/t25-/m0/s1. The summed E-state index contributed by atoms with van der Waals surface area (Å²) in [4.78, 5) is 35.1. The molecule has 0 unspecified atom stereocenters. The van der Waals surface area contributed by atoms with Gasteiger partial charge in [-0.25, -0.2) is 9.78 Å². The van der Waals surface area contributed by atoms with Crippen LogP contribution in [0.5, 0.6) is 5.75 Å². The van der Waals surface area contributed by atoms with Crippen LogP contribution in [-0.2, 0) is 20.7 Å². The molecule has 2 aromatic carbocycles. The van der Waals surface area contributed by atoms with Gasteiger partial charge in [0, 0.05) is 41.6 Å². The number of rotatable bonds is 6. The van der Waals surface area contributed by atoms with Crippen molar-refractivity contribution in [2.24, 2.45) is 0 Å². The molecule has 1 aliphatic heterocycles. The van der Waals surface area contributed by atoms with Gasteiger partial charge >= 0.3 is 5.97 Å². The van der Waals surface area contributed by atoms with E-state index >= 15 is 0 Å². The van der Waals surface area contributed by atoms with Gasteiger partial charge in [0.15, 0.2) is 16.9 Å². The van der Waals surface area contributed by atoms with Crippen LogP contribution in [0.2, 0.25) is 0 Å². The summed E-state index contributed by atoms with van der Waals surface area (Å²) in [7, 11) is 0. The summed E-state index contributed by atoms with van der Waals surface area (Å²) >= 11 is 1.32. The first-order chi connectivity index (χ1) is 17.6. The SMILES string of the molecule is CCOC(=O)[C@@H](OC(C)(C)C)c1c(C)cc2nc(C(C)=O)sc2c1-c1ccc2c3c(ccnc13)CCO2. The third-order valence-electron chi connectivity index (χ3n) is 6.30. The van der Waals surface area contributed by atoms with Crippen molar-refractivity contribution in [2.45, 2.75) is 59.7 Å². The second-order valence-corrected chi connectivity index (χ2v) is 11.2. The van der Waals surface area contributed by atoms with Gasteiger partial charge in [-0.3, -0.25) is 9.78 Å². The molecule has 0 fully saturated rings. The Morgan fingerprint density at radius 1 is 1.22 bits per heavy atom. The molecule has 0 saturated carbocycles. The number of carbonyl (C=O) groups excluding carboxylic acids is 2. The third-order valence-corrected chi connectivity index (χ3v) is 7.49. The molecule has 5 rings (SSSR count). The van der Waals surface area contributed by atoms with Gasteiger partial charge in [-0.15, -0.1) is 11.3 Å². The average molecular weight is 519 g/mol. The lowest BCUT2D eigenvalue weighted by Crippen LogP contribution is -2.29. The number of aromatic nitrogens is 2. The molecule has 192 valence electrons. The monoisotopic (exact) mass is 518 g/mol. The van der Waals surface area contributed by atoms with Gasteiger partial charge in [-0.2, -0.15) is 0 Å². The molecule has 4 aromatic rings. The number of ether oxygens (including phenoxy) is 3. The molecule has 0 aliphatic carbocycles. The van der Waals surface area contributed by atoms with Crippen LogP contribution in [-0.4, -0.2) is 40.5 Å². The number of hydrogen-bond donors (Lipinski definition) is 0. The molecule has 1 aliphatic rings. The number of carbonyl (C=O) groups is 2. The van der Waals surface area contributed by atoms with E-state index in [1.165, 1.54) is 23.8 Å².